The molecule has 0 bridgehead atoms. The van der Waals surface area contributed by atoms with Crippen molar-refractivity contribution in [1.29, 1.82) is 0 Å². The van der Waals surface area contributed by atoms with Crippen LogP contribution in [0.4, 0.5) is 10.1 Å². The number of nitrogens with zero attached hydrogens (tertiary/aromatic N) is 1. The molecule has 8 nitrogen and oxygen atoms in total. The summed E-state index contributed by atoms with van der Waals surface area (Å²) in [5, 5.41) is 14.1. The van der Waals surface area contributed by atoms with E-state index in [1.807, 2.05) is 4.90 Å². The van der Waals surface area contributed by atoms with Gasteiger partial charge in [-0.2, -0.15) is 0 Å². The lowest BCUT2D eigenvalue weighted by atomic mass is 9.88. The van der Waals surface area contributed by atoms with Gasteiger partial charge in [0.15, 0.2) is 0 Å². The van der Waals surface area contributed by atoms with Crippen molar-refractivity contribution in [3.05, 3.63) is 23.5 Å². The summed E-state index contributed by atoms with van der Waals surface area (Å²) < 4.78 is 20.3. The van der Waals surface area contributed by atoms with Gasteiger partial charge in [0, 0.05) is 23.7 Å². The lowest BCUT2D eigenvalue weighted by Gasteiger charge is -2.32. The van der Waals surface area contributed by atoms with Crippen LogP contribution in [0.5, 0.6) is 5.75 Å². The molecule has 2 amide bonds. The van der Waals surface area contributed by atoms with Gasteiger partial charge in [-0.3, -0.25) is 24.6 Å². The van der Waals surface area contributed by atoms with Crippen LogP contribution in [-0.4, -0.2) is 60.6 Å². The van der Waals surface area contributed by atoms with Crippen molar-refractivity contribution in [3.8, 4) is 5.75 Å². The lowest BCUT2D eigenvalue weighted by molar-refractivity contribution is -0.138. The number of aliphatic carboxylic acids is 1. The van der Waals surface area contributed by atoms with Crippen LogP contribution in [0.25, 0.3) is 0 Å². The number of benzene rings is 1. The Labute approximate surface area is 162 Å². The van der Waals surface area contributed by atoms with Gasteiger partial charge in [-0.1, -0.05) is 0 Å². The van der Waals surface area contributed by atoms with E-state index in [-0.39, 0.29) is 24.8 Å². The van der Waals surface area contributed by atoms with Crippen molar-refractivity contribution in [2.75, 3.05) is 32.1 Å². The molecule has 152 valence electrons. The Morgan fingerprint density at radius 2 is 2.04 bits per heavy atom. The summed E-state index contributed by atoms with van der Waals surface area (Å²) in [5.74, 6) is -1.70. The second kappa shape index (κ2) is 8.55. The first kappa shape index (κ1) is 20.1. The third kappa shape index (κ3) is 4.59. The minimum absolute atomic E-state index is 0.0127. The van der Waals surface area contributed by atoms with Gasteiger partial charge in [-0.05, 0) is 44.3 Å². The first-order valence-electron chi connectivity index (χ1n) is 9.29. The van der Waals surface area contributed by atoms with Crippen LogP contribution in [0, 0.1) is 5.82 Å². The van der Waals surface area contributed by atoms with Crippen LogP contribution in [0.15, 0.2) is 12.1 Å². The molecule has 0 aliphatic carbocycles. The lowest BCUT2D eigenvalue weighted by Crippen LogP contribution is -2.47. The summed E-state index contributed by atoms with van der Waals surface area (Å²) in [6.45, 7) is 1.15. The number of carbonyl (C=O) groups excluding carboxylic acids is 2. The van der Waals surface area contributed by atoms with Crippen LogP contribution in [0.3, 0.4) is 0 Å². The third-order valence-corrected chi connectivity index (χ3v) is 5.25. The maximum atomic E-state index is 14.9. The molecule has 28 heavy (non-hydrogen) atoms. The molecule has 1 atom stereocenters. The molecule has 2 saturated heterocycles. The molecular formula is C19H24FN3O5. The molecule has 0 spiro atoms. The molecule has 2 aliphatic rings. The van der Waals surface area contributed by atoms with Gasteiger partial charge in [-0.15, -0.1) is 0 Å². The van der Waals surface area contributed by atoms with E-state index in [2.05, 4.69) is 10.6 Å². The molecule has 1 aromatic rings. The smallest absolute Gasteiger partial charge is 0.317 e. The van der Waals surface area contributed by atoms with Gasteiger partial charge in [-0.25, -0.2) is 4.39 Å². The monoisotopic (exact) mass is 393 g/mol. The molecule has 2 fully saturated rings. The van der Waals surface area contributed by atoms with E-state index in [1.165, 1.54) is 13.2 Å². The van der Waals surface area contributed by atoms with E-state index < -0.39 is 23.7 Å². The number of halogens is 1. The number of rotatable bonds is 6. The minimum atomic E-state index is -0.869. The summed E-state index contributed by atoms with van der Waals surface area (Å²) in [7, 11) is 1.47. The van der Waals surface area contributed by atoms with Crippen molar-refractivity contribution in [2.24, 2.45) is 0 Å². The van der Waals surface area contributed by atoms with E-state index >= 15 is 0 Å². The number of hydrogen-bond acceptors (Lipinski definition) is 6. The van der Waals surface area contributed by atoms with Crippen LogP contribution in [0.1, 0.15) is 37.2 Å². The second-order valence-electron chi connectivity index (χ2n) is 7.17. The molecule has 2 aliphatic heterocycles. The zero-order chi connectivity index (χ0) is 20.3. The quantitative estimate of drug-likeness (QED) is 0.626. The summed E-state index contributed by atoms with van der Waals surface area (Å²) in [6.07, 6.45) is 1.86. The molecular weight excluding hydrogens is 369 g/mol. The number of piperidine rings is 2. The second-order valence-corrected chi connectivity index (χ2v) is 7.17. The molecule has 1 aromatic carbocycles. The van der Waals surface area contributed by atoms with Crippen LogP contribution in [0.2, 0.25) is 0 Å². The number of carbonyl (C=O) groups is 3. The Morgan fingerprint density at radius 3 is 2.64 bits per heavy atom. The Kier molecular flexibility index (Phi) is 6.13. The number of anilines is 1. The highest BCUT2D eigenvalue weighted by Gasteiger charge is 2.29. The predicted molar refractivity (Wildman–Crippen MR) is 98.8 cm³/mol. The summed E-state index contributed by atoms with van der Waals surface area (Å²) >= 11 is 0. The van der Waals surface area contributed by atoms with Gasteiger partial charge in [0.1, 0.15) is 17.6 Å². The third-order valence-electron chi connectivity index (χ3n) is 5.25. The molecule has 3 N–H and O–H groups in total. The fourth-order valence-corrected chi connectivity index (χ4v) is 3.84. The molecule has 0 aromatic heterocycles. The van der Waals surface area contributed by atoms with Crippen molar-refractivity contribution in [2.45, 2.75) is 37.6 Å². The highest BCUT2D eigenvalue weighted by Crippen LogP contribution is 2.38. The van der Waals surface area contributed by atoms with Gasteiger partial charge < -0.3 is 15.2 Å². The predicted octanol–water partition coefficient (Wildman–Crippen LogP) is 1.32. The largest absolute Gasteiger partial charge is 0.496 e. The number of hydrogen-bond donors (Lipinski definition) is 3. The summed E-state index contributed by atoms with van der Waals surface area (Å²) in [4.78, 5) is 35.8. The first-order chi connectivity index (χ1) is 13.4. The summed E-state index contributed by atoms with van der Waals surface area (Å²) in [5.41, 5.74) is 0.891. The molecule has 0 radical (unpaired) electrons. The zero-order valence-electron chi connectivity index (χ0n) is 15.7. The Bertz CT molecular complexity index is 777. The number of likely N-dealkylation sites (tertiary alicyclic amines) is 1. The SMILES string of the molecule is COc1cc(NC2CCC(=O)NC2=O)cc(F)c1C1CCN(CC(=O)O)CC1. The molecule has 2 heterocycles. The van der Waals surface area contributed by atoms with Crippen LogP contribution >= 0.6 is 0 Å². The number of carboxylic acids is 1. The number of carboxylic acid groups (broad SMARTS) is 1. The average Bonchev–Trinajstić information content (AvgIpc) is 2.64. The zero-order valence-corrected chi connectivity index (χ0v) is 15.7. The standard InChI is InChI=1S/C19H24FN3O5/c1-28-15-9-12(21-14-2-3-16(24)22-19(14)27)8-13(20)18(15)11-4-6-23(7-5-11)10-17(25)26/h8-9,11,14,21H,2-7,10H2,1H3,(H,25,26)(H,22,24,27). The van der Waals surface area contributed by atoms with Crippen LogP contribution in [-0.2, 0) is 14.4 Å². The number of nitrogens with one attached hydrogen (secondary N) is 2. The van der Waals surface area contributed by atoms with Gasteiger partial charge in [0.25, 0.3) is 0 Å². The van der Waals surface area contributed by atoms with Crippen molar-refractivity contribution < 1.29 is 28.6 Å². The van der Waals surface area contributed by atoms with E-state index in [1.54, 1.807) is 6.07 Å². The maximum absolute atomic E-state index is 14.9. The average molecular weight is 393 g/mol. The molecule has 9 heteroatoms. The highest BCUT2D eigenvalue weighted by molar-refractivity contribution is 6.01. The normalized spacial score (nSPS) is 21.3. The Hall–Kier alpha value is -2.68. The van der Waals surface area contributed by atoms with Crippen molar-refractivity contribution >= 4 is 23.5 Å². The summed E-state index contributed by atoms with van der Waals surface area (Å²) in [6, 6.07) is 2.39. The van der Waals surface area contributed by atoms with Crippen molar-refractivity contribution in [3.63, 3.8) is 0 Å². The minimum Gasteiger partial charge on any atom is -0.496 e. The maximum Gasteiger partial charge on any atom is 0.317 e. The fourth-order valence-electron chi connectivity index (χ4n) is 3.84. The van der Waals surface area contributed by atoms with Gasteiger partial charge in [0.2, 0.25) is 11.8 Å². The Morgan fingerprint density at radius 1 is 1.32 bits per heavy atom. The van der Waals surface area contributed by atoms with E-state index in [4.69, 9.17) is 9.84 Å². The molecule has 3 rings (SSSR count). The molecule has 1 unspecified atom stereocenters. The molecule has 0 saturated carbocycles. The number of methoxy groups -OCH3 is 1. The van der Waals surface area contributed by atoms with Gasteiger partial charge in [0.05, 0.1) is 13.7 Å². The van der Waals surface area contributed by atoms with E-state index in [9.17, 15) is 18.8 Å². The number of ether oxygens (including phenoxy) is 1. The van der Waals surface area contributed by atoms with E-state index in [0.717, 1.165) is 0 Å². The van der Waals surface area contributed by atoms with Crippen molar-refractivity contribution in [1.82, 2.24) is 10.2 Å². The number of amides is 2. The first-order valence-corrected chi connectivity index (χ1v) is 9.29. The fraction of sp³-hybridized carbons (Fsp3) is 0.526. The highest BCUT2D eigenvalue weighted by atomic mass is 19.1. The Balaban J connectivity index is 1.72. The van der Waals surface area contributed by atoms with E-state index in [0.29, 0.717) is 49.4 Å². The van der Waals surface area contributed by atoms with Gasteiger partial charge >= 0.3 is 5.97 Å². The van der Waals surface area contributed by atoms with Crippen LogP contribution < -0.4 is 15.4 Å². The topological polar surface area (TPSA) is 108 Å². The number of imide groups is 1.